The van der Waals surface area contributed by atoms with Gasteiger partial charge in [0.15, 0.2) is 17.7 Å². The molecule has 5 atom stereocenters. The van der Waals surface area contributed by atoms with E-state index in [1.165, 1.54) is 17.2 Å². The normalized spacial score (nSPS) is 30.1. The quantitative estimate of drug-likeness (QED) is 0.605. The number of nitrogen functional groups attached to an aromatic ring is 1. The van der Waals surface area contributed by atoms with Crippen LogP contribution in [0.4, 0.5) is 5.82 Å². The van der Waals surface area contributed by atoms with E-state index >= 15 is 0 Å². The van der Waals surface area contributed by atoms with Crippen molar-refractivity contribution in [2.75, 3.05) is 12.3 Å². The second-order valence-corrected chi connectivity index (χ2v) is 4.80. The van der Waals surface area contributed by atoms with Crippen LogP contribution in [0.1, 0.15) is 6.23 Å². The first kappa shape index (κ1) is 13.6. The topological polar surface area (TPSA) is 129 Å². The number of rotatable bonds is 3. The third kappa shape index (κ3) is 2.04. The van der Waals surface area contributed by atoms with Crippen LogP contribution >= 0.6 is 9.47 Å². The molecular formula is C10H14N5O4P. The van der Waals surface area contributed by atoms with Crippen molar-refractivity contribution in [1.29, 1.82) is 0 Å². The highest BCUT2D eigenvalue weighted by molar-refractivity contribution is 7.09. The number of nitrogens with two attached hydrogens (primary N) is 1. The van der Waals surface area contributed by atoms with E-state index in [9.17, 15) is 10.2 Å². The average Bonchev–Trinajstić information content (AvgIpc) is 2.97. The van der Waals surface area contributed by atoms with Crippen molar-refractivity contribution in [3.8, 4) is 0 Å². The van der Waals surface area contributed by atoms with Gasteiger partial charge in [-0.1, -0.05) is 0 Å². The van der Waals surface area contributed by atoms with Gasteiger partial charge in [0.2, 0.25) is 0 Å². The molecule has 3 heterocycles. The standard InChI is InChI=1S/C10H14N5O4P/c11-8-5-9(13-2-12-8)15(3-14-5)10-7(17)6(16)4(19-10)1-18-20/h2-4,6-7,10,16-17H,1,20H2,(H2,11,12,13). The summed E-state index contributed by atoms with van der Waals surface area (Å²) < 4.78 is 12.0. The fraction of sp³-hybridized carbons (Fsp3) is 0.500. The van der Waals surface area contributed by atoms with E-state index in [2.05, 4.69) is 24.4 Å². The SMILES string of the molecule is Nc1ncnc2c1ncn2C1OC(COP)C(O)C1O. The molecule has 20 heavy (non-hydrogen) atoms. The molecule has 5 unspecified atom stereocenters. The largest absolute Gasteiger partial charge is 0.387 e. The Morgan fingerprint density at radius 3 is 2.90 bits per heavy atom. The first-order chi connectivity index (χ1) is 9.63. The number of aromatic nitrogens is 4. The number of fused-ring (bicyclic) bond motifs is 1. The highest BCUT2D eigenvalue weighted by atomic mass is 31.0. The molecule has 1 saturated heterocycles. The number of imidazole rings is 1. The third-order valence-corrected chi connectivity index (χ3v) is 3.45. The van der Waals surface area contributed by atoms with Crippen LogP contribution in [0.5, 0.6) is 0 Å². The van der Waals surface area contributed by atoms with Gasteiger partial charge < -0.3 is 25.2 Å². The molecule has 2 aromatic rings. The van der Waals surface area contributed by atoms with E-state index in [1.807, 2.05) is 0 Å². The minimum atomic E-state index is -1.12. The minimum absolute atomic E-state index is 0.142. The zero-order valence-electron chi connectivity index (χ0n) is 10.3. The number of hydrogen-bond donors (Lipinski definition) is 3. The Balaban J connectivity index is 1.97. The van der Waals surface area contributed by atoms with E-state index in [-0.39, 0.29) is 12.4 Å². The van der Waals surface area contributed by atoms with Crippen LogP contribution in [-0.4, -0.2) is 54.7 Å². The van der Waals surface area contributed by atoms with Gasteiger partial charge in [-0.25, -0.2) is 15.0 Å². The van der Waals surface area contributed by atoms with Crippen LogP contribution < -0.4 is 5.73 Å². The molecule has 2 aromatic heterocycles. The maximum absolute atomic E-state index is 10.1. The van der Waals surface area contributed by atoms with Crippen molar-refractivity contribution < 1.29 is 19.5 Å². The fourth-order valence-electron chi connectivity index (χ4n) is 2.25. The van der Waals surface area contributed by atoms with Crippen molar-refractivity contribution in [3.05, 3.63) is 12.7 Å². The Hall–Kier alpha value is -1.38. The monoisotopic (exact) mass is 299 g/mol. The summed E-state index contributed by atoms with van der Waals surface area (Å²) in [5.41, 5.74) is 6.55. The molecule has 1 fully saturated rings. The molecule has 0 spiro atoms. The molecule has 0 aromatic carbocycles. The van der Waals surface area contributed by atoms with Gasteiger partial charge in [-0.2, -0.15) is 0 Å². The summed E-state index contributed by atoms with van der Waals surface area (Å²) in [6, 6.07) is 0. The predicted molar refractivity (Wildman–Crippen MR) is 71.3 cm³/mol. The van der Waals surface area contributed by atoms with Gasteiger partial charge in [-0.05, 0) is 0 Å². The van der Waals surface area contributed by atoms with Gasteiger partial charge in [0.25, 0.3) is 0 Å². The van der Waals surface area contributed by atoms with Gasteiger partial charge in [-0.15, -0.1) is 0 Å². The van der Waals surface area contributed by atoms with Crippen LogP contribution in [0, 0.1) is 0 Å². The number of aliphatic hydroxyl groups excluding tert-OH is 2. The third-order valence-electron chi connectivity index (χ3n) is 3.26. The van der Waals surface area contributed by atoms with Gasteiger partial charge in [0, 0.05) is 9.47 Å². The van der Waals surface area contributed by atoms with Crippen molar-refractivity contribution in [3.63, 3.8) is 0 Å². The number of aliphatic hydroxyl groups is 2. The first-order valence-corrected chi connectivity index (χ1v) is 6.37. The second kappa shape index (κ2) is 5.19. The summed E-state index contributed by atoms with van der Waals surface area (Å²) in [4.78, 5) is 12.0. The number of nitrogens with zero attached hydrogens (tertiary/aromatic N) is 4. The highest BCUT2D eigenvalue weighted by Crippen LogP contribution is 2.32. The summed E-state index contributed by atoms with van der Waals surface area (Å²) in [5.74, 6) is 0.242. The van der Waals surface area contributed by atoms with Crippen LogP contribution in [0.25, 0.3) is 11.2 Å². The van der Waals surface area contributed by atoms with E-state index in [0.717, 1.165) is 0 Å². The van der Waals surface area contributed by atoms with Crippen LogP contribution in [0.15, 0.2) is 12.7 Å². The number of hydrogen-bond acceptors (Lipinski definition) is 8. The Morgan fingerprint density at radius 2 is 2.15 bits per heavy atom. The van der Waals surface area contributed by atoms with Crippen molar-refractivity contribution >= 4 is 26.4 Å². The molecule has 0 bridgehead atoms. The molecule has 0 aliphatic carbocycles. The first-order valence-electron chi connectivity index (χ1n) is 5.89. The molecule has 1 aliphatic rings. The van der Waals surface area contributed by atoms with Gasteiger partial charge in [-0.3, -0.25) is 4.57 Å². The Labute approximate surface area is 116 Å². The fourth-order valence-corrected chi connectivity index (χ4v) is 2.44. The lowest BCUT2D eigenvalue weighted by molar-refractivity contribution is -0.0455. The lowest BCUT2D eigenvalue weighted by atomic mass is 10.1. The number of anilines is 1. The molecule has 1 aliphatic heterocycles. The Kier molecular flexibility index (Phi) is 3.53. The molecular weight excluding hydrogens is 285 g/mol. The van der Waals surface area contributed by atoms with Crippen molar-refractivity contribution in [2.45, 2.75) is 24.5 Å². The Morgan fingerprint density at radius 1 is 1.35 bits per heavy atom. The molecule has 10 heteroatoms. The van der Waals surface area contributed by atoms with Gasteiger partial charge >= 0.3 is 0 Å². The summed E-state index contributed by atoms with van der Waals surface area (Å²) in [6.45, 7) is 0.142. The maximum Gasteiger partial charge on any atom is 0.167 e. The minimum Gasteiger partial charge on any atom is -0.387 e. The smallest absolute Gasteiger partial charge is 0.167 e. The van der Waals surface area contributed by atoms with E-state index in [1.54, 1.807) is 0 Å². The molecule has 0 radical (unpaired) electrons. The van der Waals surface area contributed by atoms with Crippen molar-refractivity contribution in [2.24, 2.45) is 0 Å². The lowest BCUT2D eigenvalue weighted by Gasteiger charge is -2.16. The summed E-state index contributed by atoms with van der Waals surface area (Å²) in [7, 11) is 2.07. The zero-order chi connectivity index (χ0) is 14.3. The summed E-state index contributed by atoms with van der Waals surface area (Å²) in [5, 5.41) is 20.0. The molecule has 3 rings (SSSR count). The average molecular weight is 299 g/mol. The van der Waals surface area contributed by atoms with Crippen LogP contribution in [0.2, 0.25) is 0 Å². The highest BCUT2D eigenvalue weighted by Gasteiger charge is 2.44. The summed E-state index contributed by atoms with van der Waals surface area (Å²) in [6.07, 6.45) is -0.874. The van der Waals surface area contributed by atoms with Gasteiger partial charge in [0.05, 0.1) is 12.9 Å². The van der Waals surface area contributed by atoms with Crippen LogP contribution in [-0.2, 0) is 9.26 Å². The molecule has 0 amide bonds. The molecule has 4 N–H and O–H groups in total. The molecule has 0 saturated carbocycles. The van der Waals surface area contributed by atoms with Crippen LogP contribution in [0.3, 0.4) is 0 Å². The molecule has 9 nitrogen and oxygen atoms in total. The second-order valence-electron chi connectivity index (χ2n) is 4.46. The number of ether oxygens (including phenoxy) is 1. The zero-order valence-corrected chi connectivity index (χ0v) is 11.5. The van der Waals surface area contributed by atoms with E-state index in [4.69, 9.17) is 15.0 Å². The van der Waals surface area contributed by atoms with E-state index < -0.39 is 24.5 Å². The van der Waals surface area contributed by atoms with Gasteiger partial charge in [0.1, 0.15) is 30.2 Å². The predicted octanol–water partition coefficient (Wildman–Crippen LogP) is -1.17. The van der Waals surface area contributed by atoms with Crippen molar-refractivity contribution in [1.82, 2.24) is 19.5 Å². The lowest BCUT2D eigenvalue weighted by Crippen LogP contribution is -2.33. The Bertz CT molecular complexity index is 623. The maximum atomic E-state index is 10.1. The van der Waals surface area contributed by atoms with E-state index in [0.29, 0.717) is 11.2 Å². The summed E-state index contributed by atoms with van der Waals surface area (Å²) >= 11 is 0. The molecule has 108 valence electrons.